The Morgan fingerprint density at radius 1 is 1.38 bits per heavy atom. The fraction of sp³-hybridized carbons (Fsp3) is 0.417. The number of rotatable bonds is 2. The molecule has 0 aliphatic carbocycles. The topological polar surface area (TPSA) is 20.3 Å². The van der Waals surface area contributed by atoms with Crippen LogP contribution in [0.15, 0.2) is 18.2 Å². The normalized spacial score (nSPS) is 16.6. The summed E-state index contributed by atoms with van der Waals surface area (Å²) in [5.74, 6) is -0.248. The van der Waals surface area contributed by atoms with Gasteiger partial charge in [0, 0.05) is 19.5 Å². The minimum atomic E-state index is -0.421. The van der Waals surface area contributed by atoms with E-state index in [2.05, 4.69) is 0 Å². The Labute approximate surface area is 99.0 Å². The van der Waals surface area contributed by atoms with E-state index in [-0.39, 0.29) is 10.9 Å². The second kappa shape index (κ2) is 4.83. The molecule has 0 N–H and O–H groups in total. The van der Waals surface area contributed by atoms with Crippen LogP contribution in [0, 0.1) is 5.82 Å². The summed E-state index contributed by atoms with van der Waals surface area (Å²) < 4.78 is 12.9. The lowest BCUT2D eigenvalue weighted by molar-refractivity contribution is -0.133. The van der Waals surface area contributed by atoms with Crippen LogP contribution in [0.5, 0.6) is 0 Å². The van der Waals surface area contributed by atoms with Gasteiger partial charge in [-0.1, -0.05) is 17.7 Å². The van der Waals surface area contributed by atoms with Gasteiger partial charge in [-0.2, -0.15) is 0 Å². The van der Waals surface area contributed by atoms with Gasteiger partial charge >= 0.3 is 0 Å². The lowest BCUT2D eigenvalue weighted by Gasteiger charge is -2.26. The number of likely N-dealkylation sites (tertiary alicyclic amines) is 1. The van der Waals surface area contributed by atoms with Crippen molar-refractivity contribution in [1.29, 1.82) is 0 Å². The molecule has 16 heavy (non-hydrogen) atoms. The Morgan fingerprint density at radius 2 is 2.19 bits per heavy atom. The van der Waals surface area contributed by atoms with Crippen LogP contribution >= 0.6 is 11.6 Å². The Kier molecular flexibility index (Phi) is 3.44. The van der Waals surface area contributed by atoms with Crippen LogP contribution in [0.2, 0.25) is 5.02 Å². The molecule has 1 amide bonds. The molecule has 0 unspecified atom stereocenters. The summed E-state index contributed by atoms with van der Waals surface area (Å²) >= 11 is 5.69. The van der Waals surface area contributed by atoms with Crippen molar-refractivity contribution in [1.82, 2.24) is 4.90 Å². The highest BCUT2D eigenvalue weighted by Gasteiger charge is 2.18. The number of nitrogens with zero attached hydrogens (tertiary/aromatic N) is 1. The smallest absolute Gasteiger partial charge is 0.222 e. The molecule has 1 fully saturated rings. The maximum atomic E-state index is 12.9. The van der Waals surface area contributed by atoms with E-state index in [9.17, 15) is 9.18 Å². The zero-order valence-corrected chi connectivity index (χ0v) is 9.63. The van der Waals surface area contributed by atoms with Crippen molar-refractivity contribution in [3.05, 3.63) is 34.6 Å². The van der Waals surface area contributed by atoms with Gasteiger partial charge in [0.1, 0.15) is 5.82 Å². The van der Waals surface area contributed by atoms with Crippen molar-refractivity contribution in [3.63, 3.8) is 0 Å². The molecule has 1 heterocycles. The summed E-state index contributed by atoms with van der Waals surface area (Å²) in [6, 6.07) is 4.59. The molecule has 0 saturated carbocycles. The average molecular weight is 242 g/mol. The number of carbonyl (C=O) groups excluding carboxylic acids is 1. The first-order valence-corrected chi connectivity index (χ1v) is 5.76. The molecule has 0 aromatic heterocycles. The van der Waals surface area contributed by atoms with Crippen molar-refractivity contribution in [2.45, 2.75) is 25.8 Å². The predicted molar refractivity (Wildman–Crippen MR) is 60.7 cm³/mol. The minimum Gasteiger partial charge on any atom is -0.338 e. The van der Waals surface area contributed by atoms with Crippen LogP contribution in [-0.4, -0.2) is 17.4 Å². The second-order valence-corrected chi connectivity index (χ2v) is 4.43. The second-order valence-electron chi connectivity index (χ2n) is 4.02. The third-order valence-corrected chi connectivity index (χ3v) is 3.07. The quantitative estimate of drug-likeness (QED) is 0.780. The summed E-state index contributed by atoms with van der Waals surface area (Å²) in [4.78, 5) is 13.4. The zero-order valence-electron chi connectivity index (χ0n) is 8.88. The summed E-state index contributed by atoms with van der Waals surface area (Å²) in [7, 11) is 0. The first-order chi connectivity index (χ1) is 7.66. The van der Waals surface area contributed by atoms with Crippen molar-refractivity contribution >= 4 is 17.5 Å². The molecule has 0 spiro atoms. The summed E-state index contributed by atoms with van der Waals surface area (Å²) in [6.07, 6.45) is 2.63. The van der Waals surface area contributed by atoms with Crippen LogP contribution < -0.4 is 0 Å². The third-order valence-electron chi connectivity index (χ3n) is 2.78. The molecule has 0 atom stereocenters. The van der Waals surface area contributed by atoms with E-state index in [1.165, 1.54) is 6.07 Å². The number of hydrogen-bond donors (Lipinski definition) is 0. The third kappa shape index (κ3) is 2.53. The molecule has 2 rings (SSSR count). The molecule has 2 nitrogen and oxygen atoms in total. The van der Waals surface area contributed by atoms with Crippen molar-refractivity contribution in [2.75, 3.05) is 6.54 Å². The summed E-state index contributed by atoms with van der Waals surface area (Å²) in [5.41, 5.74) is 0.877. The van der Waals surface area contributed by atoms with Gasteiger partial charge in [0.25, 0.3) is 0 Å². The number of benzene rings is 1. The SMILES string of the molecule is O=C1CCCCN1Cc1ccc(F)c(Cl)c1. The van der Waals surface area contributed by atoms with Gasteiger partial charge in [-0.25, -0.2) is 4.39 Å². The predicted octanol–water partition coefficient (Wildman–Crippen LogP) is 2.99. The maximum absolute atomic E-state index is 12.9. The van der Waals surface area contributed by atoms with E-state index < -0.39 is 5.82 Å². The summed E-state index contributed by atoms with van der Waals surface area (Å²) in [6.45, 7) is 1.31. The van der Waals surface area contributed by atoms with Crippen molar-refractivity contribution in [3.8, 4) is 0 Å². The standard InChI is InChI=1S/C12H13ClFNO/c13-10-7-9(4-5-11(10)14)8-15-6-2-1-3-12(15)16/h4-5,7H,1-3,6,8H2. The molecular formula is C12H13ClFNO. The van der Waals surface area contributed by atoms with E-state index in [0.717, 1.165) is 24.9 Å². The summed E-state index contributed by atoms with van der Waals surface area (Å²) in [5, 5.41) is 0.113. The first kappa shape index (κ1) is 11.4. The van der Waals surface area contributed by atoms with Gasteiger partial charge < -0.3 is 4.90 Å². The van der Waals surface area contributed by atoms with Gasteiger partial charge in [-0.3, -0.25) is 4.79 Å². The fourth-order valence-electron chi connectivity index (χ4n) is 1.89. The van der Waals surface area contributed by atoms with Crippen LogP contribution in [0.25, 0.3) is 0 Å². The molecule has 0 radical (unpaired) electrons. The number of halogens is 2. The minimum absolute atomic E-state index is 0.113. The number of carbonyl (C=O) groups is 1. The van der Waals surface area contributed by atoms with E-state index in [4.69, 9.17) is 11.6 Å². The molecule has 86 valence electrons. The van der Waals surface area contributed by atoms with E-state index in [1.807, 2.05) is 0 Å². The van der Waals surface area contributed by atoms with Crippen molar-refractivity contribution < 1.29 is 9.18 Å². The van der Waals surface area contributed by atoms with Crippen LogP contribution in [-0.2, 0) is 11.3 Å². The van der Waals surface area contributed by atoms with Gasteiger partial charge in [0.15, 0.2) is 0 Å². The molecule has 1 aliphatic heterocycles. The van der Waals surface area contributed by atoms with Crippen LogP contribution in [0.3, 0.4) is 0 Å². The van der Waals surface area contributed by atoms with Gasteiger partial charge in [-0.15, -0.1) is 0 Å². The highest BCUT2D eigenvalue weighted by molar-refractivity contribution is 6.30. The zero-order chi connectivity index (χ0) is 11.5. The fourth-order valence-corrected chi connectivity index (χ4v) is 2.09. The molecule has 1 saturated heterocycles. The first-order valence-electron chi connectivity index (χ1n) is 5.38. The highest BCUT2D eigenvalue weighted by Crippen LogP contribution is 2.19. The Balaban J connectivity index is 2.08. The number of amides is 1. The highest BCUT2D eigenvalue weighted by atomic mass is 35.5. The van der Waals surface area contributed by atoms with Crippen LogP contribution in [0.4, 0.5) is 4.39 Å². The lowest BCUT2D eigenvalue weighted by atomic mass is 10.1. The van der Waals surface area contributed by atoms with Crippen LogP contribution in [0.1, 0.15) is 24.8 Å². The number of hydrogen-bond acceptors (Lipinski definition) is 1. The Bertz CT molecular complexity index is 408. The molecular weight excluding hydrogens is 229 g/mol. The maximum Gasteiger partial charge on any atom is 0.222 e. The average Bonchev–Trinajstić information content (AvgIpc) is 2.27. The van der Waals surface area contributed by atoms with E-state index >= 15 is 0 Å². The molecule has 1 aromatic carbocycles. The Hall–Kier alpha value is -1.09. The largest absolute Gasteiger partial charge is 0.338 e. The lowest BCUT2D eigenvalue weighted by Crippen LogP contribution is -2.34. The van der Waals surface area contributed by atoms with Gasteiger partial charge in [0.2, 0.25) is 5.91 Å². The van der Waals surface area contributed by atoms with Gasteiger partial charge in [-0.05, 0) is 30.5 Å². The van der Waals surface area contributed by atoms with Crippen molar-refractivity contribution in [2.24, 2.45) is 0 Å². The molecule has 0 bridgehead atoms. The molecule has 1 aromatic rings. The van der Waals surface area contributed by atoms with Gasteiger partial charge in [0.05, 0.1) is 5.02 Å². The monoisotopic (exact) mass is 241 g/mol. The van der Waals surface area contributed by atoms with E-state index in [1.54, 1.807) is 17.0 Å². The number of piperidine rings is 1. The molecule has 1 aliphatic rings. The van der Waals surface area contributed by atoms with E-state index in [0.29, 0.717) is 13.0 Å². The molecule has 4 heteroatoms. The Morgan fingerprint density at radius 3 is 2.88 bits per heavy atom.